The minimum atomic E-state index is -3.27. The lowest BCUT2D eigenvalue weighted by Gasteiger charge is -2.19. The van der Waals surface area contributed by atoms with Crippen LogP contribution in [0.25, 0.3) is 11.1 Å². The predicted molar refractivity (Wildman–Crippen MR) is 85.7 cm³/mol. The van der Waals surface area contributed by atoms with E-state index in [1.807, 2.05) is 0 Å². The Hall–Kier alpha value is -2.14. The van der Waals surface area contributed by atoms with E-state index in [0.29, 0.717) is 0 Å². The lowest BCUT2D eigenvalue weighted by Crippen LogP contribution is -2.04. The van der Waals surface area contributed by atoms with Gasteiger partial charge in [0.05, 0.1) is 17.6 Å². The van der Waals surface area contributed by atoms with Gasteiger partial charge in [0.1, 0.15) is 0 Å². The Morgan fingerprint density at radius 3 is 2.23 bits per heavy atom. The van der Waals surface area contributed by atoms with Crippen LogP contribution in [0, 0.1) is 0 Å². The molecule has 0 fully saturated rings. The molecule has 0 bridgehead atoms. The summed E-state index contributed by atoms with van der Waals surface area (Å²) in [7, 11) is -2.03. The molecule has 2 aliphatic carbocycles. The molecule has 0 radical (unpaired) electrons. The van der Waals surface area contributed by atoms with Crippen molar-refractivity contribution in [1.82, 2.24) is 0 Å². The molecule has 116 valence electrons. The topological polar surface area (TPSA) is 60.4 Å². The average Bonchev–Trinajstić information content (AvgIpc) is 2.49. The zero-order chi connectivity index (χ0) is 16.3. The summed E-state index contributed by atoms with van der Waals surface area (Å²) in [5.74, 6) is -0.546. The second-order valence-electron chi connectivity index (χ2n) is 5.02. The molecule has 1 aromatic carbocycles. The first kappa shape index (κ1) is 16.2. The second kappa shape index (κ2) is 6.32. The van der Waals surface area contributed by atoms with Gasteiger partial charge < -0.3 is 4.74 Å². The number of hydrogen-bond acceptors (Lipinski definition) is 4. The smallest absolute Gasteiger partial charge is 0.337 e. The maximum Gasteiger partial charge on any atom is 0.337 e. The maximum absolute atomic E-state index is 11.1. The molecule has 4 nitrogen and oxygen atoms in total. The first-order valence-corrected chi connectivity index (χ1v) is 8.77. The number of carbonyl (C=O) groups excluding carboxylic acids is 1. The van der Waals surface area contributed by atoms with Gasteiger partial charge in [0, 0.05) is 6.26 Å². The van der Waals surface area contributed by atoms with Crippen molar-refractivity contribution in [2.45, 2.75) is 18.2 Å². The number of carbonyl (C=O) groups is 1. The summed E-state index contributed by atoms with van der Waals surface area (Å²) in [4.78, 5) is 11.2. The van der Waals surface area contributed by atoms with Crippen molar-refractivity contribution in [1.29, 1.82) is 0 Å². The number of rotatable bonds is 3. The Balaban J connectivity index is 0.000000183. The highest BCUT2D eigenvalue weighted by atomic mass is 32.2. The summed E-state index contributed by atoms with van der Waals surface area (Å²) in [6.07, 6.45) is 2.28. The highest BCUT2D eigenvalue weighted by Gasteiger charge is 2.13. The summed E-state index contributed by atoms with van der Waals surface area (Å²) >= 11 is 0. The number of hydrogen-bond donors (Lipinski definition) is 0. The van der Waals surface area contributed by atoms with Gasteiger partial charge in [-0.1, -0.05) is 31.2 Å². The molecule has 0 aliphatic heterocycles. The number of benzene rings is 2. The minimum Gasteiger partial charge on any atom is -0.465 e. The van der Waals surface area contributed by atoms with E-state index in [1.54, 1.807) is 0 Å². The highest BCUT2D eigenvalue weighted by molar-refractivity contribution is 7.90. The van der Waals surface area contributed by atoms with Crippen LogP contribution >= 0.6 is 0 Å². The maximum atomic E-state index is 11.1. The molecule has 2 aliphatic rings. The predicted octanol–water partition coefficient (Wildman–Crippen LogP) is 3.11. The molecular weight excluding hydrogens is 300 g/mol. The van der Waals surface area contributed by atoms with Crippen LogP contribution in [0.1, 0.15) is 22.8 Å². The number of fused-ring (bicyclic) bond motifs is 1. The summed E-state index contributed by atoms with van der Waals surface area (Å²) < 4.78 is 26.8. The van der Waals surface area contributed by atoms with E-state index < -0.39 is 15.8 Å². The third-order valence-corrected chi connectivity index (χ3v) is 4.59. The number of methoxy groups -OCH3 is 1. The molecule has 0 atom stereocenters. The summed E-state index contributed by atoms with van der Waals surface area (Å²) in [5, 5.41) is 0. The van der Waals surface area contributed by atoms with Crippen LogP contribution in [0.4, 0.5) is 0 Å². The molecule has 0 amide bonds. The minimum absolute atomic E-state index is 0.111. The molecule has 1 aromatic rings. The average molecular weight is 318 g/mol. The number of esters is 1. The van der Waals surface area contributed by atoms with Crippen molar-refractivity contribution >= 4 is 15.8 Å². The summed E-state index contributed by atoms with van der Waals surface area (Å²) in [6.45, 7) is 2.20. The van der Waals surface area contributed by atoms with Gasteiger partial charge in [-0.05, 0) is 41.3 Å². The third kappa shape index (κ3) is 3.36. The fourth-order valence-electron chi connectivity index (χ4n) is 2.13. The van der Waals surface area contributed by atoms with Crippen molar-refractivity contribution in [2.75, 3.05) is 13.4 Å². The molecule has 0 aromatic heterocycles. The summed E-state index contributed by atoms with van der Waals surface area (Å²) in [6, 6.07) is 12.3. The monoisotopic (exact) mass is 318 g/mol. The number of ether oxygens (including phenoxy) is 1. The van der Waals surface area contributed by atoms with Crippen LogP contribution in [0.15, 0.2) is 47.4 Å². The first-order valence-electron chi connectivity index (χ1n) is 6.88. The van der Waals surface area contributed by atoms with Gasteiger partial charge in [0.25, 0.3) is 0 Å². The van der Waals surface area contributed by atoms with E-state index in [-0.39, 0.29) is 10.5 Å². The van der Waals surface area contributed by atoms with Gasteiger partial charge in [-0.25, -0.2) is 13.2 Å². The second-order valence-corrected chi connectivity index (χ2v) is 7.03. The van der Waals surface area contributed by atoms with Gasteiger partial charge >= 0.3 is 5.97 Å². The standard InChI is InChI=1S/C9H10O4S.C8H8/c1-13-9(10)7-4-3-5-8(6-7)14(2,11)12;1-2-6-5-7-3-4-8(6)7/h3-6H,1-2H3;3-5H,2H2,1H3. The van der Waals surface area contributed by atoms with Crippen molar-refractivity contribution in [3.05, 3.63) is 53.6 Å². The fraction of sp³-hybridized carbons (Fsp3) is 0.235. The van der Waals surface area contributed by atoms with Gasteiger partial charge in [-0.15, -0.1) is 0 Å². The SMILES string of the molecule is CCc1cc2ccc1-2.COC(=O)c1cccc(S(C)(=O)=O)c1. The molecular formula is C17H18O4S. The molecule has 0 N–H and O–H groups in total. The van der Waals surface area contributed by atoms with Crippen molar-refractivity contribution < 1.29 is 17.9 Å². The van der Waals surface area contributed by atoms with Crippen LogP contribution < -0.4 is 0 Å². The van der Waals surface area contributed by atoms with E-state index in [1.165, 1.54) is 54.5 Å². The Labute approximate surface area is 130 Å². The van der Waals surface area contributed by atoms with Crippen LogP contribution in [-0.2, 0) is 21.0 Å². The van der Waals surface area contributed by atoms with Crippen molar-refractivity contribution in [3.8, 4) is 11.1 Å². The van der Waals surface area contributed by atoms with E-state index in [0.717, 1.165) is 6.26 Å². The van der Waals surface area contributed by atoms with E-state index >= 15 is 0 Å². The quantitative estimate of drug-likeness (QED) is 0.696. The highest BCUT2D eigenvalue weighted by Crippen LogP contribution is 2.36. The molecule has 0 spiro atoms. The normalized spacial score (nSPS) is 11.2. The van der Waals surface area contributed by atoms with Crippen LogP contribution in [0.5, 0.6) is 0 Å². The zero-order valence-corrected chi connectivity index (χ0v) is 13.6. The molecule has 0 saturated carbocycles. The Bertz CT molecular complexity index is 807. The largest absolute Gasteiger partial charge is 0.465 e. The number of aryl methyl sites for hydroxylation is 1. The molecule has 0 heterocycles. The van der Waals surface area contributed by atoms with Gasteiger partial charge in [0.15, 0.2) is 9.84 Å². The Morgan fingerprint density at radius 1 is 1.14 bits per heavy atom. The number of sulfone groups is 1. The molecule has 3 rings (SSSR count). The molecule has 0 saturated heterocycles. The summed E-state index contributed by atoms with van der Waals surface area (Å²) in [5.41, 5.74) is 4.73. The molecule has 22 heavy (non-hydrogen) atoms. The van der Waals surface area contributed by atoms with E-state index in [9.17, 15) is 13.2 Å². The Kier molecular flexibility index (Phi) is 4.66. The zero-order valence-electron chi connectivity index (χ0n) is 12.8. The van der Waals surface area contributed by atoms with Gasteiger partial charge in [0.2, 0.25) is 0 Å². The van der Waals surface area contributed by atoms with E-state index in [2.05, 4.69) is 29.9 Å². The van der Waals surface area contributed by atoms with Crippen LogP contribution in [-0.4, -0.2) is 27.8 Å². The van der Waals surface area contributed by atoms with Crippen molar-refractivity contribution in [3.63, 3.8) is 0 Å². The lowest BCUT2D eigenvalue weighted by molar-refractivity contribution is 0.0600. The molecule has 5 heteroatoms. The Morgan fingerprint density at radius 2 is 1.86 bits per heavy atom. The van der Waals surface area contributed by atoms with Crippen molar-refractivity contribution in [2.24, 2.45) is 0 Å². The van der Waals surface area contributed by atoms with Gasteiger partial charge in [-0.3, -0.25) is 0 Å². The van der Waals surface area contributed by atoms with Crippen LogP contribution in [0.2, 0.25) is 0 Å². The lowest BCUT2D eigenvalue weighted by atomic mass is 9.86. The van der Waals surface area contributed by atoms with Crippen LogP contribution in [0.3, 0.4) is 0 Å². The molecule has 0 unspecified atom stereocenters. The first-order chi connectivity index (χ1) is 10.4. The fourth-order valence-corrected chi connectivity index (χ4v) is 2.80. The van der Waals surface area contributed by atoms with E-state index in [4.69, 9.17) is 0 Å². The van der Waals surface area contributed by atoms with Gasteiger partial charge in [-0.2, -0.15) is 0 Å². The third-order valence-electron chi connectivity index (χ3n) is 3.48.